The summed E-state index contributed by atoms with van der Waals surface area (Å²) >= 11 is 2.29. The highest BCUT2D eigenvalue weighted by atomic mass is 127. The zero-order valence-electron chi connectivity index (χ0n) is 14.5. The molecule has 0 aliphatic carbocycles. The number of carbonyl (C=O) groups is 1. The van der Waals surface area contributed by atoms with Crippen LogP contribution in [0, 0.1) is 3.57 Å². The Bertz CT molecular complexity index is 648. The largest absolute Gasteiger partial charge is 0.444 e. The van der Waals surface area contributed by atoms with E-state index in [-0.39, 0.29) is 6.09 Å². The number of rotatable bonds is 5. The van der Waals surface area contributed by atoms with Crippen LogP contribution >= 0.6 is 22.6 Å². The Morgan fingerprint density at radius 1 is 1.00 bits per heavy atom. The fourth-order valence-electron chi connectivity index (χ4n) is 2.28. The highest BCUT2D eigenvalue weighted by Crippen LogP contribution is 2.14. The monoisotopic (exact) mass is 437 g/mol. The summed E-state index contributed by atoms with van der Waals surface area (Å²) < 4.78 is 6.78. The summed E-state index contributed by atoms with van der Waals surface area (Å²) in [7, 11) is 0. The van der Waals surface area contributed by atoms with E-state index in [0.717, 1.165) is 12.0 Å². The number of nitrogens with zero attached hydrogens (tertiary/aromatic N) is 1. The molecule has 1 amide bonds. The van der Waals surface area contributed by atoms with Gasteiger partial charge in [0.1, 0.15) is 5.60 Å². The maximum absolute atomic E-state index is 12.5. The van der Waals surface area contributed by atoms with Crippen LogP contribution < -0.4 is 0 Å². The molecule has 128 valence electrons. The zero-order chi connectivity index (χ0) is 17.6. The molecule has 0 heterocycles. The number of hydrogen-bond acceptors (Lipinski definition) is 2. The topological polar surface area (TPSA) is 29.5 Å². The van der Waals surface area contributed by atoms with Crippen molar-refractivity contribution in [3.63, 3.8) is 0 Å². The van der Waals surface area contributed by atoms with Crippen molar-refractivity contribution in [2.24, 2.45) is 0 Å². The van der Waals surface area contributed by atoms with E-state index >= 15 is 0 Å². The number of amides is 1. The highest BCUT2D eigenvalue weighted by molar-refractivity contribution is 14.1. The molecule has 0 spiro atoms. The smallest absolute Gasteiger partial charge is 0.410 e. The molecule has 0 N–H and O–H groups in total. The fraction of sp³-hybridized carbons (Fsp3) is 0.350. The minimum atomic E-state index is -0.491. The minimum Gasteiger partial charge on any atom is -0.444 e. The van der Waals surface area contributed by atoms with Gasteiger partial charge in [0.15, 0.2) is 0 Å². The number of ether oxygens (including phenoxy) is 1. The van der Waals surface area contributed by atoms with Crippen molar-refractivity contribution in [3.05, 3.63) is 69.3 Å². The lowest BCUT2D eigenvalue weighted by Crippen LogP contribution is -2.37. The van der Waals surface area contributed by atoms with Crippen LogP contribution in [0.3, 0.4) is 0 Å². The molecule has 0 bridgehead atoms. The standard InChI is InChI=1S/C20H24INO2/c1-20(2,3)24-19(23)22(15-17-7-5-4-6-8-17)14-13-16-9-11-18(21)12-10-16/h4-12H,13-15H2,1-3H3. The number of hydrogen-bond donors (Lipinski definition) is 0. The summed E-state index contributed by atoms with van der Waals surface area (Å²) in [5.74, 6) is 0. The van der Waals surface area contributed by atoms with Gasteiger partial charge in [0, 0.05) is 16.7 Å². The lowest BCUT2D eigenvalue weighted by Gasteiger charge is -2.27. The van der Waals surface area contributed by atoms with E-state index in [9.17, 15) is 4.79 Å². The number of benzene rings is 2. The molecule has 0 saturated carbocycles. The van der Waals surface area contributed by atoms with Gasteiger partial charge in [-0.05, 0) is 73.0 Å². The summed E-state index contributed by atoms with van der Waals surface area (Å²) in [5.41, 5.74) is 1.83. The second-order valence-corrected chi connectivity index (χ2v) is 8.01. The molecule has 0 aliphatic rings. The molecule has 3 nitrogen and oxygen atoms in total. The van der Waals surface area contributed by atoms with E-state index < -0.39 is 5.60 Å². The van der Waals surface area contributed by atoms with E-state index in [2.05, 4.69) is 46.9 Å². The van der Waals surface area contributed by atoms with Crippen molar-refractivity contribution in [3.8, 4) is 0 Å². The molecule has 4 heteroatoms. The summed E-state index contributed by atoms with van der Waals surface area (Å²) in [6, 6.07) is 18.4. The molecule has 0 aliphatic heterocycles. The Balaban J connectivity index is 2.06. The van der Waals surface area contributed by atoms with Gasteiger partial charge in [-0.1, -0.05) is 42.5 Å². The molecular weight excluding hydrogens is 413 g/mol. The molecule has 24 heavy (non-hydrogen) atoms. The summed E-state index contributed by atoms with van der Waals surface area (Å²) in [5, 5.41) is 0. The molecule has 0 saturated heterocycles. The van der Waals surface area contributed by atoms with Gasteiger partial charge in [-0.2, -0.15) is 0 Å². The maximum Gasteiger partial charge on any atom is 0.410 e. The van der Waals surface area contributed by atoms with Gasteiger partial charge in [0.25, 0.3) is 0 Å². The van der Waals surface area contributed by atoms with Crippen LogP contribution in [0.2, 0.25) is 0 Å². The Labute approximate surface area is 158 Å². The molecule has 2 aromatic rings. The third-order valence-electron chi connectivity index (χ3n) is 3.45. The SMILES string of the molecule is CC(C)(C)OC(=O)N(CCc1ccc(I)cc1)Cc1ccccc1. The van der Waals surface area contributed by atoms with Crippen molar-refractivity contribution in [2.75, 3.05) is 6.54 Å². The summed E-state index contributed by atoms with van der Waals surface area (Å²) in [6.07, 6.45) is 0.542. The first kappa shape index (κ1) is 18.8. The van der Waals surface area contributed by atoms with Crippen LogP contribution in [-0.4, -0.2) is 23.1 Å². The quantitative estimate of drug-likeness (QED) is 0.597. The van der Waals surface area contributed by atoms with Crippen molar-refractivity contribution in [1.29, 1.82) is 0 Å². The van der Waals surface area contributed by atoms with Gasteiger partial charge in [-0.3, -0.25) is 0 Å². The van der Waals surface area contributed by atoms with E-state index in [1.807, 2.05) is 51.1 Å². The average Bonchev–Trinajstić information content (AvgIpc) is 2.52. The Kier molecular flexibility index (Phi) is 6.66. The van der Waals surface area contributed by atoms with Crippen LogP contribution in [0.4, 0.5) is 4.79 Å². The predicted molar refractivity (Wildman–Crippen MR) is 106 cm³/mol. The van der Waals surface area contributed by atoms with E-state index in [4.69, 9.17) is 4.74 Å². The van der Waals surface area contributed by atoms with Gasteiger partial charge in [-0.25, -0.2) is 4.79 Å². The third-order valence-corrected chi connectivity index (χ3v) is 4.17. The second-order valence-electron chi connectivity index (χ2n) is 6.76. The van der Waals surface area contributed by atoms with E-state index in [1.54, 1.807) is 4.90 Å². The Morgan fingerprint density at radius 3 is 2.21 bits per heavy atom. The minimum absolute atomic E-state index is 0.267. The maximum atomic E-state index is 12.5. The molecular formula is C20H24INO2. The second kappa shape index (κ2) is 8.51. The first-order valence-corrected chi connectivity index (χ1v) is 9.18. The lowest BCUT2D eigenvalue weighted by molar-refractivity contribution is 0.0236. The predicted octanol–water partition coefficient (Wildman–Crippen LogP) is 5.27. The molecule has 0 unspecified atom stereocenters. The van der Waals surface area contributed by atoms with Crippen molar-refractivity contribution in [2.45, 2.75) is 39.3 Å². The molecule has 0 radical (unpaired) electrons. The van der Waals surface area contributed by atoms with Crippen LogP contribution in [-0.2, 0) is 17.7 Å². The molecule has 0 atom stereocenters. The molecule has 2 rings (SSSR count). The molecule has 0 aromatic heterocycles. The van der Waals surface area contributed by atoms with Crippen molar-refractivity contribution < 1.29 is 9.53 Å². The molecule has 2 aromatic carbocycles. The summed E-state index contributed by atoms with van der Waals surface area (Å²) in [6.45, 7) is 6.87. The van der Waals surface area contributed by atoms with Crippen LogP contribution in [0.15, 0.2) is 54.6 Å². The van der Waals surface area contributed by atoms with Crippen molar-refractivity contribution in [1.82, 2.24) is 4.90 Å². The average molecular weight is 437 g/mol. The van der Waals surface area contributed by atoms with Crippen LogP contribution in [0.5, 0.6) is 0 Å². The Hall–Kier alpha value is -1.56. The fourth-order valence-corrected chi connectivity index (χ4v) is 2.64. The van der Waals surface area contributed by atoms with Gasteiger partial charge in [-0.15, -0.1) is 0 Å². The number of halogens is 1. The first-order chi connectivity index (χ1) is 11.3. The van der Waals surface area contributed by atoms with E-state index in [1.165, 1.54) is 9.13 Å². The first-order valence-electron chi connectivity index (χ1n) is 8.10. The van der Waals surface area contributed by atoms with Gasteiger partial charge < -0.3 is 9.64 Å². The Morgan fingerprint density at radius 2 is 1.62 bits per heavy atom. The van der Waals surface area contributed by atoms with Gasteiger partial charge >= 0.3 is 6.09 Å². The zero-order valence-corrected chi connectivity index (χ0v) is 16.6. The highest BCUT2D eigenvalue weighted by Gasteiger charge is 2.22. The van der Waals surface area contributed by atoms with Crippen molar-refractivity contribution >= 4 is 28.7 Å². The third kappa shape index (κ3) is 6.51. The van der Waals surface area contributed by atoms with Crippen LogP contribution in [0.25, 0.3) is 0 Å². The van der Waals surface area contributed by atoms with Gasteiger partial charge in [0.2, 0.25) is 0 Å². The summed E-state index contributed by atoms with van der Waals surface area (Å²) in [4.78, 5) is 14.3. The van der Waals surface area contributed by atoms with E-state index in [0.29, 0.717) is 13.1 Å². The normalized spacial score (nSPS) is 11.2. The molecule has 0 fully saturated rings. The van der Waals surface area contributed by atoms with Crippen LogP contribution in [0.1, 0.15) is 31.9 Å². The number of carbonyl (C=O) groups excluding carboxylic acids is 1. The lowest BCUT2D eigenvalue weighted by atomic mass is 10.1. The van der Waals surface area contributed by atoms with Gasteiger partial charge in [0.05, 0.1) is 0 Å².